The summed E-state index contributed by atoms with van der Waals surface area (Å²) in [4.78, 5) is 9.15. The summed E-state index contributed by atoms with van der Waals surface area (Å²) in [6.07, 6.45) is 0.619. The lowest BCUT2D eigenvalue weighted by atomic mass is 10.1. The van der Waals surface area contributed by atoms with Crippen molar-refractivity contribution in [1.29, 1.82) is 0 Å². The van der Waals surface area contributed by atoms with Gasteiger partial charge >= 0.3 is 0 Å². The molecular formula is C16H13FN2OS. The molecule has 1 N–H and O–H groups in total. The molecule has 5 heteroatoms. The van der Waals surface area contributed by atoms with Crippen molar-refractivity contribution < 1.29 is 9.50 Å². The fourth-order valence-electron chi connectivity index (χ4n) is 2.18. The summed E-state index contributed by atoms with van der Waals surface area (Å²) in [6, 6.07) is 12.4. The molecule has 0 fully saturated rings. The molecule has 0 radical (unpaired) electrons. The molecule has 0 aliphatic heterocycles. The highest BCUT2D eigenvalue weighted by atomic mass is 32.2. The molecule has 1 aromatic heterocycles. The molecule has 0 amide bonds. The number of nitrogens with zero attached hydrogens (tertiary/aromatic N) is 2. The van der Waals surface area contributed by atoms with Crippen LogP contribution in [0.3, 0.4) is 0 Å². The lowest BCUT2D eigenvalue weighted by Gasteiger charge is -2.12. The predicted octanol–water partition coefficient (Wildman–Crippen LogP) is 3.97. The van der Waals surface area contributed by atoms with E-state index in [1.54, 1.807) is 19.1 Å². The van der Waals surface area contributed by atoms with E-state index in [0.29, 0.717) is 10.5 Å². The summed E-state index contributed by atoms with van der Waals surface area (Å²) in [6.45, 7) is 1.56. The number of rotatable bonds is 3. The molecule has 0 bridgehead atoms. The molecular weight excluding hydrogens is 287 g/mol. The predicted molar refractivity (Wildman–Crippen MR) is 80.7 cm³/mol. The summed E-state index contributed by atoms with van der Waals surface area (Å²) in [5.74, 6) is -0.409. The van der Waals surface area contributed by atoms with Crippen molar-refractivity contribution in [2.24, 2.45) is 0 Å². The van der Waals surface area contributed by atoms with E-state index in [1.165, 1.54) is 24.2 Å². The van der Waals surface area contributed by atoms with Gasteiger partial charge in [0, 0.05) is 15.8 Å². The smallest absolute Gasteiger partial charge is 0.130 e. The summed E-state index contributed by atoms with van der Waals surface area (Å²) < 4.78 is 13.9. The topological polar surface area (TPSA) is 46.0 Å². The molecule has 106 valence electrons. The number of hydrogen-bond acceptors (Lipinski definition) is 4. The van der Waals surface area contributed by atoms with Crippen molar-refractivity contribution in [3.63, 3.8) is 0 Å². The third-order valence-electron chi connectivity index (χ3n) is 3.14. The van der Waals surface area contributed by atoms with Gasteiger partial charge in [0.1, 0.15) is 17.2 Å². The Morgan fingerprint density at radius 2 is 1.90 bits per heavy atom. The van der Waals surface area contributed by atoms with E-state index in [2.05, 4.69) is 9.97 Å². The first-order chi connectivity index (χ1) is 10.2. The van der Waals surface area contributed by atoms with Crippen LogP contribution in [0.5, 0.6) is 0 Å². The number of benzene rings is 2. The molecule has 21 heavy (non-hydrogen) atoms. The van der Waals surface area contributed by atoms with Crippen molar-refractivity contribution in [2.75, 3.05) is 0 Å². The quantitative estimate of drug-likeness (QED) is 0.743. The summed E-state index contributed by atoms with van der Waals surface area (Å²) in [5.41, 5.74) is 1.13. The number of halogens is 1. The molecule has 0 saturated carbocycles. The average molecular weight is 300 g/mol. The Morgan fingerprint density at radius 3 is 2.71 bits per heavy atom. The lowest BCUT2D eigenvalue weighted by molar-refractivity contribution is 0.191. The van der Waals surface area contributed by atoms with Gasteiger partial charge in [0.2, 0.25) is 0 Å². The van der Waals surface area contributed by atoms with Crippen LogP contribution in [-0.4, -0.2) is 15.1 Å². The van der Waals surface area contributed by atoms with Gasteiger partial charge in [-0.2, -0.15) is 0 Å². The molecule has 0 spiro atoms. The maximum absolute atomic E-state index is 13.9. The monoisotopic (exact) mass is 300 g/mol. The Balaban J connectivity index is 2.09. The van der Waals surface area contributed by atoms with Crippen molar-refractivity contribution in [3.8, 4) is 0 Å². The molecule has 1 atom stereocenters. The van der Waals surface area contributed by atoms with Gasteiger partial charge in [-0.25, -0.2) is 14.4 Å². The number of aliphatic hydroxyl groups excluding tert-OH is 1. The van der Waals surface area contributed by atoms with Crippen LogP contribution < -0.4 is 0 Å². The van der Waals surface area contributed by atoms with Crippen LogP contribution >= 0.6 is 11.8 Å². The molecule has 3 nitrogen and oxygen atoms in total. The van der Waals surface area contributed by atoms with E-state index in [1.807, 2.05) is 24.3 Å². The maximum Gasteiger partial charge on any atom is 0.130 e. The summed E-state index contributed by atoms with van der Waals surface area (Å²) >= 11 is 1.34. The standard InChI is InChI=1S/C16H13FN2OS/c1-10(20)15-12(17)6-4-8-14(15)21-16-11-5-2-3-7-13(11)18-9-19-16/h2-10,20H,1H3. The van der Waals surface area contributed by atoms with Gasteiger partial charge in [-0.05, 0) is 25.1 Å². The van der Waals surface area contributed by atoms with Crippen molar-refractivity contribution in [2.45, 2.75) is 22.9 Å². The molecule has 0 aliphatic rings. The summed E-state index contributed by atoms with van der Waals surface area (Å²) in [7, 11) is 0. The Bertz CT molecular complexity index is 787. The van der Waals surface area contributed by atoms with Crippen molar-refractivity contribution in [3.05, 3.63) is 60.2 Å². The van der Waals surface area contributed by atoms with E-state index < -0.39 is 11.9 Å². The third-order valence-corrected chi connectivity index (χ3v) is 4.24. The van der Waals surface area contributed by atoms with Crippen LogP contribution in [0.4, 0.5) is 4.39 Å². The Kier molecular flexibility index (Phi) is 3.86. The number of aromatic nitrogens is 2. The highest BCUT2D eigenvalue weighted by Gasteiger charge is 2.15. The SMILES string of the molecule is CC(O)c1c(F)cccc1Sc1ncnc2ccccc12. The van der Waals surface area contributed by atoms with E-state index >= 15 is 0 Å². The second-order valence-electron chi connectivity index (χ2n) is 4.63. The highest BCUT2D eigenvalue weighted by Crippen LogP contribution is 2.36. The first kappa shape index (κ1) is 14.0. The molecule has 0 saturated heterocycles. The van der Waals surface area contributed by atoms with E-state index in [0.717, 1.165) is 15.9 Å². The van der Waals surface area contributed by atoms with Crippen LogP contribution in [-0.2, 0) is 0 Å². The van der Waals surface area contributed by atoms with Gasteiger partial charge in [0.25, 0.3) is 0 Å². The average Bonchev–Trinajstić information content (AvgIpc) is 2.47. The van der Waals surface area contributed by atoms with Gasteiger partial charge in [-0.1, -0.05) is 36.0 Å². The van der Waals surface area contributed by atoms with Crippen LogP contribution in [0.25, 0.3) is 10.9 Å². The number of aliphatic hydroxyl groups is 1. The van der Waals surface area contributed by atoms with Gasteiger partial charge in [0.15, 0.2) is 0 Å². The Hall–Kier alpha value is -1.98. The number of fused-ring (bicyclic) bond motifs is 1. The number of para-hydroxylation sites is 1. The van der Waals surface area contributed by atoms with Gasteiger partial charge in [0.05, 0.1) is 11.6 Å². The minimum Gasteiger partial charge on any atom is -0.389 e. The largest absolute Gasteiger partial charge is 0.389 e. The lowest BCUT2D eigenvalue weighted by Crippen LogP contribution is -1.99. The van der Waals surface area contributed by atoms with Crippen molar-refractivity contribution in [1.82, 2.24) is 9.97 Å². The van der Waals surface area contributed by atoms with E-state index in [4.69, 9.17) is 0 Å². The van der Waals surface area contributed by atoms with E-state index in [-0.39, 0.29) is 0 Å². The van der Waals surface area contributed by atoms with Crippen molar-refractivity contribution >= 4 is 22.7 Å². The fraction of sp³-hybridized carbons (Fsp3) is 0.125. The minimum absolute atomic E-state index is 0.296. The fourth-order valence-corrected chi connectivity index (χ4v) is 3.29. The zero-order chi connectivity index (χ0) is 14.8. The normalized spacial score (nSPS) is 12.5. The third kappa shape index (κ3) is 2.75. The zero-order valence-corrected chi connectivity index (χ0v) is 12.1. The molecule has 3 rings (SSSR count). The molecule has 1 unspecified atom stereocenters. The van der Waals surface area contributed by atoms with Gasteiger partial charge in [-0.15, -0.1) is 0 Å². The Morgan fingerprint density at radius 1 is 1.10 bits per heavy atom. The van der Waals surface area contributed by atoms with Gasteiger partial charge < -0.3 is 5.11 Å². The first-order valence-corrected chi connectivity index (χ1v) is 7.32. The zero-order valence-electron chi connectivity index (χ0n) is 11.3. The Labute approximate surface area is 125 Å². The van der Waals surface area contributed by atoms with E-state index in [9.17, 15) is 9.50 Å². The summed E-state index contributed by atoms with van der Waals surface area (Å²) in [5, 5.41) is 11.4. The van der Waals surface area contributed by atoms with Crippen LogP contribution in [0.1, 0.15) is 18.6 Å². The highest BCUT2D eigenvalue weighted by molar-refractivity contribution is 7.99. The molecule has 0 aliphatic carbocycles. The first-order valence-electron chi connectivity index (χ1n) is 6.51. The molecule has 2 aromatic carbocycles. The van der Waals surface area contributed by atoms with Crippen LogP contribution in [0, 0.1) is 5.82 Å². The maximum atomic E-state index is 13.9. The second-order valence-corrected chi connectivity index (χ2v) is 5.66. The van der Waals surface area contributed by atoms with Crippen LogP contribution in [0.15, 0.2) is 58.7 Å². The van der Waals surface area contributed by atoms with Gasteiger partial charge in [-0.3, -0.25) is 0 Å². The number of hydrogen-bond donors (Lipinski definition) is 1. The molecule has 3 aromatic rings. The van der Waals surface area contributed by atoms with Crippen LogP contribution in [0.2, 0.25) is 0 Å². The molecule has 1 heterocycles. The minimum atomic E-state index is -0.873. The second kappa shape index (κ2) is 5.79.